The van der Waals surface area contributed by atoms with Crippen LogP contribution in [0, 0.1) is 6.92 Å². The smallest absolute Gasteiger partial charge is 0.222 e. The highest BCUT2D eigenvalue weighted by atomic mass is 32.1. The Kier molecular flexibility index (Phi) is 6.35. The molecular formula is C18H21NO3S. The minimum atomic E-state index is -0.0386. The van der Waals surface area contributed by atoms with E-state index in [9.17, 15) is 9.59 Å². The molecule has 1 amide bonds. The summed E-state index contributed by atoms with van der Waals surface area (Å²) in [7, 11) is 1.74. The van der Waals surface area contributed by atoms with E-state index in [2.05, 4.69) is 0 Å². The van der Waals surface area contributed by atoms with Gasteiger partial charge in [-0.1, -0.05) is 24.3 Å². The highest BCUT2D eigenvalue weighted by molar-refractivity contribution is 7.12. The molecule has 0 radical (unpaired) electrons. The van der Waals surface area contributed by atoms with Crippen molar-refractivity contribution in [3.05, 3.63) is 52.2 Å². The lowest BCUT2D eigenvalue weighted by molar-refractivity contribution is -0.130. The molecule has 0 saturated carbocycles. The van der Waals surface area contributed by atoms with Crippen LogP contribution in [0.3, 0.4) is 0 Å². The molecule has 0 spiro atoms. The van der Waals surface area contributed by atoms with Crippen molar-refractivity contribution in [1.29, 1.82) is 0 Å². The lowest BCUT2D eigenvalue weighted by atomic mass is 10.2. The van der Waals surface area contributed by atoms with Crippen molar-refractivity contribution in [3.8, 4) is 5.75 Å². The van der Waals surface area contributed by atoms with Gasteiger partial charge in [-0.2, -0.15) is 0 Å². The lowest BCUT2D eigenvalue weighted by Crippen LogP contribution is -2.31. The number of aryl methyl sites for hydroxylation is 1. The molecule has 0 aliphatic heterocycles. The van der Waals surface area contributed by atoms with Crippen molar-refractivity contribution in [1.82, 2.24) is 4.90 Å². The van der Waals surface area contributed by atoms with E-state index in [1.165, 1.54) is 11.3 Å². The molecule has 122 valence electrons. The van der Waals surface area contributed by atoms with Gasteiger partial charge in [0.2, 0.25) is 5.91 Å². The Hall–Kier alpha value is -2.14. The molecule has 0 aliphatic rings. The molecule has 1 heterocycles. The van der Waals surface area contributed by atoms with Gasteiger partial charge in [0.15, 0.2) is 5.78 Å². The van der Waals surface area contributed by atoms with E-state index in [1.54, 1.807) is 18.0 Å². The van der Waals surface area contributed by atoms with Gasteiger partial charge in [-0.25, -0.2) is 0 Å². The van der Waals surface area contributed by atoms with E-state index >= 15 is 0 Å². The Bertz CT molecular complexity index is 652. The SMILES string of the molecule is Cc1ccccc1OCCN(C)C(=O)CCC(=O)c1cccs1. The fraction of sp³-hybridized carbons (Fsp3) is 0.333. The van der Waals surface area contributed by atoms with Crippen LogP contribution in [0.1, 0.15) is 28.1 Å². The first kappa shape index (κ1) is 17.2. The number of nitrogens with zero attached hydrogens (tertiary/aromatic N) is 1. The zero-order chi connectivity index (χ0) is 16.7. The van der Waals surface area contributed by atoms with E-state index < -0.39 is 0 Å². The Morgan fingerprint density at radius 1 is 1.13 bits per heavy atom. The van der Waals surface area contributed by atoms with Gasteiger partial charge in [0.1, 0.15) is 12.4 Å². The Balaban J connectivity index is 1.70. The second kappa shape index (κ2) is 8.48. The molecule has 0 unspecified atom stereocenters. The first-order chi connectivity index (χ1) is 11.1. The molecule has 2 aromatic rings. The van der Waals surface area contributed by atoms with Crippen LogP contribution < -0.4 is 4.74 Å². The van der Waals surface area contributed by atoms with Crippen molar-refractivity contribution in [2.45, 2.75) is 19.8 Å². The highest BCUT2D eigenvalue weighted by Gasteiger charge is 2.13. The van der Waals surface area contributed by atoms with E-state index in [1.807, 2.05) is 42.6 Å². The number of carbonyl (C=O) groups excluding carboxylic acids is 2. The summed E-state index contributed by atoms with van der Waals surface area (Å²) in [5, 5.41) is 1.87. The summed E-state index contributed by atoms with van der Waals surface area (Å²) < 4.78 is 5.68. The Morgan fingerprint density at radius 3 is 2.61 bits per heavy atom. The summed E-state index contributed by atoms with van der Waals surface area (Å²) in [5.74, 6) is 0.822. The zero-order valence-electron chi connectivity index (χ0n) is 13.5. The predicted molar refractivity (Wildman–Crippen MR) is 92.2 cm³/mol. The molecule has 0 aliphatic carbocycles. The minimum absolute atomic E-state index is 0.0258. The average molecular weight is 331 g/mol. The summed E-state index contributed by atoms with van der Waals surface area (Å²) in [5.41, 5.74) is 1.07. The summed E-state index contributed by atoms with van der Waals surface area (Å²) in [6.07, 6.45) is 0.486. The zero-order valence-corrected chi connectivity index (χ0v) is 14.3. The summed E-state index contributed by atoms with van der Waals surface area (Å²) in [4.78, 5) is 26.3. The maximum absolute atomic E-state index is 12.0. The van der Waals surface area contributed by atoms with Crippen LogP contribution >= 0.6 is 11.3 Å². The predicted octanol–water partition coefficient (Wildman–Crippen LogP) is 3.56. The molecule has 0 fully saturated rings. The molecule has 0 saturated heterocycles. The molecule has 1 aromatic carbocycles. The fourth-order valence-corrected chi connectivity index (χ4v) is 2.80. The van der Waals surface area contributed by atoms with Crippen LogP contribution in [-0.2, 0) is 4.79 Å². The number of hydrogen-bond donors (Lipinski definition) is 0. The highest BCUT2D eigenvalue weighted by Crippen LogP contribution is 2.16. The van der Waals surface area contributed by atoms with Crippen molar-refractivity contribution in [2.75, 3.05) is 20.2 Å². The number of benzene rings is 1. The molecule has 1 aromatic heterocycles. The van der Waals surface area contributed by atoms with Crippen LogP contribution in [0.25, 0.3) is 0 Å². The van der Waals surface area contributed by atoms with Gasteiger partial charge in [-0.05, 0) is 30.0 Å². The van der Waals surface area contributed by atoms with Gasteiger partial charge in [-0.3, -0.25) is 9.59 Å². The van der Waals surface area contributed by atoms with Crippen LogP contribution in [0.15, 0.2) is 41.8 Å². The summed E-state index contributed by atoms with van der Waals surface area (Å²) in [6, 6.07) is 11.4. The Morgan fingerprint density at radius 2 is 1.91 bits per heavy atom. The standard InChI is InChI=1S/C18H21NO3S/c1-14-6-3-4-7-16(14)22-12-11-19(2)18(21)10-9-15(20)17-8-5-13-23-17/h3-8,13H,9-12H2,1-2H3. The Labute approximate surface area is 140 Å². The molecule has 0 bridgehead atoms. The van der Waals surface area contributed by atoms with Crippen molar-refractivity contribution < 1.29 is 14.3 Å². The monoisotopic (exact) mass is 331 g/mol. The van der Waals surface area contributed by atoms with Crippen molar-refractivity contribution in [3.63, 3.8) is 0 Å². The van der Waals surface area contributed by atoms with Crippen molar-refractivity contribution >= 4 is 23.0 Å². The number of carbonyl (C=O) groups is 2. The van der Waals surface area contributed by atoms with E-state index in [0.29, 0.717) is 18.0 Å². The number of ketones is 1. The number of rotatable bonds is 8. The average Bonchev–Trinajstić information content (AvgIpc) is 3.08. The third-order valence-electron chi connectivity index (χ3n) is 3.57. The second-order valence-corrected chi connectivity index (χ2v) is 6.28. The minimum Gasteiger partial charge on any atom is -0.491 e. The van der Waals surface area contributed by atoms with Gasteiger partial charge in [-0.15, -0.1) is 11.3 Å². The summed E-state index contributed by atoms with van der Waals surface area (Å²) >= 11 is 1.41. The normalized spacial score (nSPS) is 10.3. The second-order valence-electron chi connectivity index (χ2n) is 5.33. The molecule has 5 heteroatoms. The first-order valence-corrected chi connectivity index (χ1v) is 8.45. The molecular weight excluding hydrogens is 310 g/mol. The van der Waals surface area contributed by atoms with Gasteiger partial charge < -0.3 is 9.64 Å². The number of Topliss-reactive ketones (excluding diaryl/α,β-unsaturated/α-hetero) is 1. The number of thiophene rings is 1. The van der Waals surface area contributed by atoms with Crippen LogP contribution in [0.5, 0.6) is 5.75 Å². The van der Waals surface area contributed by atoms with Gasteiger partial charge in [0.05, 0.1) is 11.4 Å². The molecule has 0 atom stereocenters. The van der Waals surface area contributed by atoms with Gasteiger partial charge in [0, 0.05) is 19.9 Å². The molecule has 4 nitrogen and oxygen atoms in total. The number of hydrogen-bond acceptors (Lipinski definition) is 4. The molecule has 0 N–H and O–H groups in total. The number of likely N-dealkylation sites (N-methyl/N-ethyl adjacent to an activating group) is 1. The molecule has 2 rings (SSSR count). The van der Waals surface area contributed by atoms with E-state index in [4.69, 9.17) is 4.74 Å². The lowest BCUT2D eigenvalue weighted by Gasteiger charge is -2.17. The third-order valence-corrected chi connectivity index (χ3v) is 4.48. The number of ether oxygens (including phenoxy) is 1. The van der Waals surface area contributed by atoms with Crippen LogP contribution in [-0.4, -0.2) is 36.8 Å². The van der Waals surface area contributed by atoms with Crippen LogP contribution in [0.2, 0.25) is 0 Å². The van der Waals surface area contributed by atoms with Crippen molar-refractivity contribution in [2.24, 2.45) is 0 Å². The van der Waals surface area contributed by atoms with Gasteiger partial charge in [0.25, 0.3) is 0 Å². The first-order valence-electron chi connectivity index (χ1n) is 7.57. The molecule has 23 heavy (non-hydrogen) atoms. The van der Waals surface area contributed by atoms with Gasteiger partial charge >= 0.3 is 0 Å². The number of para-hydroxylation sites is 1. The van der Waals surface area contributed by atoms with E-state index in [-0.39, 0.29) is 24.5 Å². The fourth-order valence-electron chi connectivity index (χ4n) is 2.11. The van der Waals surface area contributed by atoms with Crippen LogP contribution in [0.4, 0.5) is 0 Å². The quantitative estimate of drug-likeness (QED) is 0.695. The van der Waals surface area contributed by atoms with E-state index in [0.717, 1.165) is 11.3 Å². The maximum Gasteiger partial charge on any atom is 0.222 e. The topological polar surface area (TPSA) is 46.6 Å². The number of amides is 1. The third kappa shape index (κ3) is 5.21. The largest absolute Gasteiger partial charge is 0.491 e. The summed E-state index contributed by atoms with van der Waals surface area (Å²) in [6.45, 7) is 2.92. The maximum atomic E-state index is 12.0.